The highest BCUT2D eigenvalue weighted by Crippen LogP contribution is 2.22. The molecule has 2 aromatic heterocycles. The summed E-state index contributed by atoms with van der Waals surface area (Å²) in [4.78, 5) is 11.6. The van der Waals surface area contributed by atoms with Gasteiger partial charge in [-0.2, -0.15) is 0 Å². The fourth-order valence-corrected chi connectivity index (χ4v) is 1.84. The van der Waals surface area contributed by atoms with Crippen LogP contribution in [0.15, 0.2) is 30.6 Å². The van der Waals surface area contributed by atoms with Crippen LogP contribution in [0.5, 0.6) is 0 Å². The molecule has 102 valence electrons. The molecule has 0 aliphatic heterocycles. The fraction of sp³-hybridized carbons (Fsp3) is 0.357. The molecule has 0 aliphatic carbocycles. The lowest BCUT2D eigenvalue weighted by atomic mass is 10.2. The molecule has 1 amide bonds. The molecule has 2 rings (SSSR count). The van der Waals surface area contributed by atoms with Crippen LogP contribution in [0.4, 0.5) is 10.5 Å². The Hall–Kier alpha value is -2.17. The van der Waals surface area contributed by atoms with E-state index < -0.39 is 11.7 Å². The number of hydrazine groups is 1. The molecule has 0 bridgehead atoms. The number of carbonyl (C=O) groups is 1. The lowest BCUT2D eigenvalue weighted by Crippen LogP contribution is -2.35. The van der Waals surface area contributed by atoms with E-state index in [9.17, 15) is 4.79 Å². The van der Waals surface area contributed by atoms with E-state index in [0.717, 1.165) is 16.8 Å². The summed E-state index contributed by atoms with van der Waals surface area (Å²) in [7, 11) is 0. The maximum Gasteiger partial charge on any atom is 0.426 e. The Balaban J connectivity index is 2.10. The summed E-state index contributed by atoms with van der Waals surface area (Å²) in [6.07, 6.45) is 3.46. The smallest absolute Gasteiger partial charge is 0.426 e. The maximum atomic E-state index is 11.6. The first-order chi connectivity index (χ1) is 8.87. The largest absolute Gasteiger partial charge is 0.443 e. The van der Waals surface area contributed by atoms with Crippen LogP contribution in [0.2, 0.25) is 0 Å². The second-order valence-electron chi connectivity index (χ2n) is 5.43. The first-order valence-corrected chi connectivity index (χ1v) is 6.18. The van der Waals surface area contributed by atoms with E-state index in [0.29, 0.717) is 0 Å². The third-order valence-electron chi connectivity index (χ3n) is 2.56. The summed E-state index contributed by atoms with van der Waals surface area (Å²) in [5, 5.41) is 0. The number of hydrogen-bond donors (Lipinski definition) is 2. The van der Waals surface area contributed by atoms with Gasteiger partial charge in [-0.1, -0.05) is 6.07 Å². The fourth-order valence-electron chi connectivity index (χ4n) is 1.84. The Kier molecular flexibility index (Phi) is 3.38. The number of pyridine rings is 1. The Morgan fingerprint density at radius 1 is 1.32 bits per heavy atom. The molecule has 0 saturated heterocycles. The SMILES string of the molecule is Cc1cn2ccccc2c1NNC(=O)OC(C)(C)C. The Morgan fingerprint density at radius 2 is 2.05 bits per heavy atom. The van der Waals surface area contributed by atoms with E-state index in [1.165, 1.54) is 0 Å². The monoisotopic (exact) mass is 261 g/mol. The summed E-state index contributed by atoms with van der Waals surface area (Å²) in [6.45, 7) is 7.45. The van der Waals surface area contributed by atoms with Crippen molar-refractivity contribution in [1.82, 2.24) is 9.83 Å². The van der Waals surface area contributed by atoms with Crippen LogP contribution in [0.3, 0.4) is 0 Å². The molecule has 0 radical (unpaired) electrons. The Labute approximate surface area is 112 Å². The van der Waals surface area contributed by atoms with Gasteiger partial charge in [0.25, 0.3) is 0 Å². The summed E-state index contributed by atoms with van der Waals surface area (Å²) in [5.74, 6) is 0. The van der Waals surface area contributed by atoms with Crippen molar-refractivity contribution in [2.24, 2.45) is 0 Å². The predicted molar refractivity (Wildman–Crippen MR) is 75.1 cm³/mol. The van der Waals surface area contributed by atoms with E-state index in [1.54, 1.807) is 0 Å². The molecule has 5 heteroatoms. The van der Waals surface area contributed by atoms with Gasteiger partial charge >= 0.3 is 6.09 Å². The van der Waals surface area contributed by atoms with Gasteiger partial charge in [-0.3, -0.25) is 5.43 Å². The van der Waals surface area contributed by atoms with E-state index in [-0.39, 0.29) is 0 Å². The van der Waals surface area contributed by atoms with Crippen LogP contribution in [-0.2, 0) is 4.74 Å². The quantitative estimate of drug-likeness (QED) is 0.817. The highest BCUT2D eigenvalue weighted by molar-refractivity contribution is 5.79. The van der Waals surface area contributed by atoms with Gasteiger partial charge in [0.15, 0.2) is 0 Å². The molecule has 0 fully saturated rings. The number of amides is 1. The van der Waals surface area contributed by atoms with Crippen molar-refractivity contribution in [3.8, 4) is 0 Å². The number of anilines is 1. The predicted octanol–water partition coefficient (Wildman–Crippen LogP) is 3.10. The molecule has 0 aromatic carbocycles. The number of ether oxygens (including phenoxy) is 1. The normalized spacial score (nSPS) is 11.4. The number of aryl methyl sites for hydroxylation is 1. The van der Waals surface area contributed by atoms with Crippen LogP contribution in [0, 0.1) is 6.92 Å². The minimum Gasteiger partial charge on any atom is -0.443 e. The number of carbonyl (C=O) groups excluding carboxylic acids is 1. The van der Waals surface area contributed by atoms with Crippen molar-refractivity contribution in [2.45, 2.75) is 33.3 Å². The Morgan fingerprint density at radius 3 is 2.74 bits per heavy atom. The molecule has 0 saturated carbocycles. The summed E-state index contributed by atoms with van der Waals surface area (Å²) >= 11 is 0. The molecule has 2 N–H and O–H groups in total. The molecule has 2 heterocycles. The number of rotatable bonds is 2. The molecule has 2 aromatic rings. The van der Waals surface area contributed by atoms with Crippen LogP contribution >= 0.6 is 0 Å². The van der Waals surface area contributed by atoms with Crippen molar-refractivity contribution < 1.29 is 9.53 Å². The van der Waals surface area contributed by atoms with Gasteiger partial charge < -0.3 is 9.14 Å². The van der Waals surface area contributed by atoms with Gasteiger partial charge in [0.1, 0.15) is 5.60 Å². The third kappa shape index (κ3) is 3.19. The van der Waals surface area contributed by atoms with Gasteiger partial charge in [0.2, 0.25) is 0 Å². The number of hydrogen-bond acceptors (Lipinski definition) is 3. The van der Waals surface area contributed by atoms with E-state index in [1.807, 2.05) is 62.7 Å². The Bertz CT molecular complexity index is 596. The average Bonchev–Trinajstić information content (AvgIpc) is 2.60. The van der Waals surface area contributed by atoms with Crippen molar-refractivity contribution in [2.75, 3.05) is 5.43 Å². The highest BCUT2D eigenvalue weighted by atomic mass is 16.6. The summed E-state index contributed by atoms with van der Waals surface area (Å²) in [5.41, 5.74) is 7.86. The van der Waals surface area contributed by atoms with Crippen LogP contribution < -0.4 is 10.9 Å². The molecular formula is C14H19N3O2. The standard InChI is InChI=1S/C14H19N3O2/c1-10-9-17-8-6-5-7-11(17)12(10)15-16-13(18)19-14(2,3)4/h5-9,15H,1-4H3,(H,16,18). The lowest BCUT2D eigenvalue weighted by molar-refractivity contribution is 0.0541. The van der Waals surface area contributed by atoms with Crippen molar-refractivity contribution in [3.63, 3.8) is 0 Å². The molecule has 0 atom stereocenters. The molecule has 0 spiro atoms. The van der Waals surface area contributed by atoms with Gasteiger partial charge in [-0.15, -0.1) is 0 Å². The number of fused-ring (bicyclic) bond motifs is 1. The first-order valence-electron chi connectivity index (χ1n) is 6.18. The van der Waals surface area contributed by atoms with Gasteiger partial charge in [0, 0.05) is 12.4 Å². The molecular weight excluding hydrogens is 242 g/mol. The number of aromatic nitrogens is 1. The van der Waals surface area contributed by atoms with Crippen molar-refractivity contribution >= 4 is 17.3 Å². The molecule has 19 heavy (non-hydrogen) atoms. The summed E-state index contributed by atoms with van der Waals surface area (Å²) < 4.78 is 7.16. The maximum absolute atomic E-state index is 11.6. The van der Waals surface area contributed by atoms with Gasteiger partial charge in [-0.25, -0.2) is 10.2 Å². The van der Waals surface area contributed by atoms with E-state index in [2.05, 4.69) is 10.9 Å². The number of nitrogens with one attached hydrogen (secondary N) is 2. The van der Waals surface area contributed by atoms with Crippen LogP contribution in [0.25, 0.3) is 5.52 Å². The van der Waals surface area contributed by atoms with Crippen LogP contribution in [-0.4, -0.2) is 16.1 Å². The molecule has 0 unspecified atom stereocenters. The van der Waals surface area contributed by atoms with Gasteiger partial charge in [0.05, 0.1) is 11.2 Å². The lowest BCUT2D eigenvalue weighted by Gasteiger charge is -2.20. The van der Waals surface area contributed by atoms with Crippen molar-refractivity contribution in [3.05, 3.63) is 36.2 Å². The second-order valence-corrected chi connectivity index (χ2v) is 5.43. The average molecular weight is 261 g/mol. The third-order valence-corrected chi connectivity index (χ3v) is 2.56. The zero-order chi connectivity index (χ0) is 14.0. The zero-order valence-corrected chi connectivity index (χ0v) is 11.7. The minimum absolute atomic E-state index is 0.498. The van der Waals surface area contributed by atoms with E-state index >= 15 is 0 Å². The molecule has 0 aliphatic rings. The van der Waals surface area contributed by atoms with Crippen LogP contribution in [0.1, 0.15) is 26.3 Å². The molecule has 5 nitrogen and oxygen atoms in total. The zero-order valence-electron chi connectivity index (χ0n) is 11.7. The highest BCUT2D eigenvalue weighted by Gasteiger charge is 2.16. The topological polar surface area (TPSA) is 54.8 Å². The van der Waals surface area contributed by atoms with Crippen molar-refractivity contribution in [1.29, 1.82) is 0 Å². The summed E-state index contributed by atoms with van der Waals surface area (Å²) in [6, 6.07) is 5.89. The number of nitrogens with zero attached hydrogens (tertiary/aromatic N) is 1. The second kappa shape index (κ2) is 4.84. The minimum atomic E-state index is -0.510. The first kappa shape index (κ1) is 13.3. The van der Waals surface area contributed by atoms with Gasteiger partial charge in [-0.05, 0) is 45.4 Å². The van der Waals surface area contributed by atoms with E-state index in [4.69, 9.17) is 4.74 Å².